The van der Waals surface area contributed by atoms with E-state index in [0.717, 1.165) is 28.1 Å². The highest BCUT2D eigenvalue weighted by Gasteiger charge is 2.29. The second-order valence-corrected chi connectivity index (χ2v) is 5.21. The van der Waals surface area contributed by atoms with E-state index in [4.69, 9.17) is 16.9 Å². The van der Waals surface area contributed by atoms with Crippen LogP contribution in [0.25, 0.3) is 0 Å². The van der Waals surface area contributed by atoms with Crippen molar-refractivity contribution in [1.29, 1.82) is 5.26 Å². The molecule has 2 nitrogen and oxygen atoms in total. The zero-order valence-electron chi connectivity index (χ0n) is 9.50. The molecule has 0 spiro atoms. The molecule has 0 aliphatic heterocycles. The van der Waals surface area contributed by atoms with E-state index in [0.29, 0.717) is 12.5 Å². The Kier molecular flexibility index (Phi) is 4.31. The Bertz CT molecular complexity index is 438. The average Bonchev–Trinajstić information content (AvgIpc) is 3.14. The Hall–Kier alpha value is -0.720. The van der Waals surface area contributed by atoms with E-state index in [1.807, 2.05) is 12.1 Å². The minimum absolute atomic E-state index is 0.564. The summed E-state index contributed by atoms with van der Waals surface area (Å²) >= 11 is 9.62. The predicted octanol–water partition coefficient (Wildman–Crippen LogP) is 4.12. The van der Waals surface area contributed by atoms with Gasteiger partial charge in [-0.1, -0.05) is 33.6 Å². The Morgan fingerprint density at radius 1 is 1.47 bits per heavy atom. The van der Waals surface area contributed by atoms with Crippen LogP contribution in [0.5, 0.6) is 0 Å². The summed E-state index contributed by atoms with van der Waals surface area (Å²) in [4.78, 5) is 2.30. The first kappa shape index (κ1) is 12.7. The third-order valence-corrected chi connectivity index (χ3v) is 3.92. The molecular formula is C13H14BrClN2. The molecule has 1 aromatic rings. The number of benzene rings is 1. The van der Waals surface area contributed by atoms with Gasteiger partial charge in [-0.05, 0) is 30.5 Å². The number of rotatable bonds is 5. The number of nitrogens with zero attached hydrogens (tertiary/aromatic N) is 2. The topological polar surface area (TPSA) is 27.0 Å². The van der Waals surface area contributed by atoms with Crippen molar-refractivity contribution in [1.82, 2.24) is 0 Å². The maximum absolute atomic E-state index is 8.69. The molecule has 90 valence electrons. The van der Waals surface area contributed by atoms with Crippen LogP contribution in [0.4, 0.5) is 5.69 Å². The summed E-state index contributed by atoms with van der Waals surface area (Å²) in [6.45, 7) is 0.797. The molecular weight excluding hydrogens is 300 g/mol. The molecule has 1 fully saturated rings. The second kappa shape index (κ2) is 5.75. The highest BCUT2D eigenvalue weighted by molar-refractivity contribution is 9.08. The van der Waals surface area contributed by atoms with E-state index >= 15 is 0 Å². The van der Waals surface area contributed by atoms with Gasteiger partial charge in [0.15, 0.2) is 0 Å². The van der Waals surface area contributed by atoms with Gasteiger partial charge in [-0.15, -0.1) is 0 Å². The fourth-order valence-electron chi connectivity index (χ4n) is 1.90. The Morgan fingerprint density at radius 3 is 2.76 bits per heavy atom. The van der Waals surface area contributed by atoms with Gasteiger partial charge >= 0.3 is 0 Å². The van der Waals surface area contributed by atoms with Crippen molar-refractivity contribution >= 4 is 33.2 Å². The third kappa shape index (κ3) is 3.14. The lowest BCUT2D eigenvalue weighted by atomic mass is 10.2. The van der Waals surface area contributed by atoms with Gasteiger partial charge in [0, 0.05) is 28.6 Å². The molecule has 0 saturated heterocycles. The van der Waals surface area contributed by atoms with Crippen molar-refractivity contribution in [2.24, 2.45) is 0 Å². The molecule has 0 aromatic heterocycles. The maximum atomic E-state index is 8.69. The molecule has 1 aliphatic carbocycles. The molecule has 0 unspecified atom stereocenters. The van der Waals surface area contributed by atoms with Gasteiger partial charge in [0.25, 0.3) is 0 Å². The van der Waals surface area contributed by atoms with Crippen LogP contribution in [0.1, 0.15) is 24.8 Å². The van der Waals surface area contributed by atoms with E-state index < -0.39 is 0 Å². The quantitative estimate of drug-likeness (QED) is 0.765. The van der Waals surface area contributed by atoms with E-state index in [-0.39, 0.29) is 0 Å². The van der Waals surface area contributed by atoms with Crippen LogP contribution in [-0.2, 0) is 5.33 Å². The number of halogens is 2. The first-order valence-electron chi connectivity index (χ1n) is 5.74. The summed E-state index contributed by atoms with van der Waals surface area (Å²) in [5.74, 6) is 0. The third-order valence-electron chi connectivity index (χ3n) is 2.96. The van der Waals surface area contributed by atoms with Crippen molar-refractivity contribution in [3.05, 3.63) is 28.8 Å². The fourth-order valence-corrected chi connectivity index (χ4v) is 2.79. The van der Waals surface area contributed by atoms with Crippen molar-refractivity contribution in [3.8, 4) is 6.07 Å². The normalized spacial score (nSPS) is 14.4. The van der Waals surface area contributed by atoms with Gasteiger partial charge in [-0.2, -0.15) is 5.26 Å². The van der Waals surface area contributed by atoms with Crippen LogP contribution in [0.3, 0.4) is 0 Å². The number of anilines is 1. The van der Waals surface area contributed by atoms with Gasteiger partial charge in [-0.3, -0.25) is 0 Å². The van der Waals surface area contributed by atoms with Gasteiger partial charge in [0.1, 0.15) is 0 Å². The molecule has 1 aromatic carbocycles. The molecule has 0 atom stereocenters. The Balaban J connectivity index is 2.18. The lowest BCUT2D eigenvalue weighted by Crippen LogP contribution is -2.26. The minimum Gasteiger partial charge on any atom is -0.367 e. The summed E-state index contributed by atoms with van der Waals surface area (Å²) in [6.07, 6.45) is 3.01. The molecule has 17 heavy (non-hydrogen) atoms. The summed E-state index contributed by atoms with van der Waals surface area (Å²) in [6, 6.07) is 8.96. The van der Waals surface area contributed by atoms with Crippen LogP contribution >= 0.6 is 27.5 Å². The van der Waals surface area contributed by atoms with Crippen LogP contribution in [-0.4, -0.2) is 12.6 Å². The van der Waals surface area contributed by atoms with Crippen LogP contribution in [0, 0.1) is 11.3 Å². The van der Waals surface area contributed by atoms with Gasteiger partial charge in [-0.25, -0.2) is 0 Å². The molecule has 1 saturated carbocycles. The Labute approximate surface area is 115 Å². The first-order valence-corrected chi connectivity index (χ1v) is 7.24. The fraction of sp³-hybridized carbons (Fsp3) is 0.462. The molecule has 2 rings (SSSR count). The van der Waals surface area contributed by atoms with E-state index in [1.165, 1.54) is 12.8 Å². The summed E-state index contributed by atoms with van der Waals surface area (Å²) in [5.41, 5.74) is 2.24. The summed E-state index contributed by atoms with van der Waals surface area (Å²) < 4.78 is 0. The standard InChI is InChI=1S/C13H14BrClN2/c14-9-10-2-3-12(8-13(10)15)17(7-1-6-16)11-4-5-11/h2-3,8,11H,1,4-5,7,9H2. The molecule has 0 radical (unpaired) electrons. The number of hydrogen-bond donors (Lipinski definition) is 0. The number of hydrogen-bond acceptors (Lipinski definition) is 2. The molecule has 0 heterocycles. The largest absolute Gasteiger partial charge is 0.367 e. The first-order chi connectivity index (χ1) is 8.26. The van der Waals surface area contributed by atoms with E-state index in [9.17, 15) is 0 Å². The zero-order chi connectivity index (χ0) is 12.3. The SMILES string of the molecule is N#CCCN(c1ccc(CBr)c(Cl)c1)C1CC1. The monoisotopic (exact) mass is 312 g/mol. The molecule has 0 amide bonds. The molecule has 4 heteroatoms. The Morgan fingerprint density at radius 2 is 2.24 bits per heavy atom. The van der Waals surface area contributed by atoms with Crippen LogP contribution < -0.4 is 4.90 Å². The molecule has 1 aliphatic rings. The summed E-state index contributed by atoms with van der Waals surface area (Å²) in [5, 5.41) is 10.3. The number of alkyl halides is 1. The van der Waals surface area contributed by atoms with Crippen molar-refractivity contribution < 1.29 is 0 Å². The minimum atomic E-state index is 0.564. The lowest BCUT2D eigenvalue weighted by Gasteiger charge is -2.24. The zero-order valence-corrected chi connectivity index (χ0v) is 11.8. The predicted molar refractivity (Wildman–Crippen MR) is 74.7 cm³/mol. The average molecular weight is 314 g/mol. The second-order valence-electron chi connectivity index (χ2n) is 4.24. The smallest absolute Gasteiger partial charge is 0.0640 e. The van der Waals surface area contributed by atoms with Crippen molar-refractivity contribution in [2.45, 2.75) is 30.6 Å². The molecule has 0 bridgehead atoms. The maximum Gasteiger partial charge on any atom is 0.0640 e. The lowest BCUT2D eigenvalue weighted by molar-refractivity contribution is 0.793. The van der Waals surface area contributed by atoms with E-state index in [1.54, 1.807) is 0 Å². The highest BCUT2D eigenvalue weighted by Crippen LogP contribution is 2.34. The van der Waals surface area contributed by atoms with Crippen LogP contribution in [0.15, 0.2) is 18.2 Å². The van der Waals surface area contributed by atoms with E-state index in [2.05, 4.69) is 33.0 Å². The summed E-state index contributed by atoms with van der Waals surface area (Å²) in [7, 11) is 0. The van der Waals surface area contributed by atoms with Crippen molar-refractivity contribution in [2.75, 3.05) is 11.4 Å². The van der Waals surface area contributed by atoms with Crippen LogP contribution in [0.2, 0.25) is 5.02 Å². The molecule has 0 N–H and O–H groups in total. The van der Waals surface area contributed by atoms with Gasteiger partial charge < -0.3 is 4.90 Å². The number of nitriles is 1. The van der Waals surface area contributed by atoms with Gasteiger partial charge in [0.2, 0.25) is 0 Å². The highest BCUT2D eigenvalue weighted by atomic mass is 79.9. The van der Waals surface area contributed by atoms with Crippen molar-refractivity contribution in [3.63, 3.8) is 0 Å². The van der Waals surface area contributed by atoms with Gasteiger partial charge in [0.05, 0.1) is 12.5 Å².